The summed E-state index contributed by atoms with van der Waals surface area (Å²) < 4.78 is 9.91. The summed E-state index contributed by atoms with van der Waals surface area (Å²) in [6, 6.07) is 9.23. The van der Waals surface area contributed by atoms with Crippen molar-refractivity contribution in [2.24, 2.45) is 0 Å². The molecule has 1 aromatic rings. The van der Waals surface area contributed by atoms with Crippen molar-refractivity contribution < 1.29 is 14.3 Å². The van der Waals surface area contributed by atoms with Gasteiger partial charge in [0.1, 0.15) is 0 Å². The molecule has 0 bridgehead atoms. The molecule has 2 rings (SSSR count). The van der Waals surface area contributed by atoms with Gasteiger partial charge < -0.3 is 9.47 Å². The van der Waals surface area contributed by atoms with Gasteiger partial charge in [-0.05, 0) is 6.08 Å². The Morgan fingerprint density at radius 3 is 2.40 bits per heavy atom. The van der Waals surface area contributed by atoms with Gasteiger partial charge in [0, 0.05) is 5.56 Å². The lowest BCUT2D eigenvalue weighted by atomic mass is 9.92. The van der Waals surface area contributed by atoms with Gasteiger partial charge in [0.2, 0.25) is 5.60 Å². The molecule has 1 heterocycles. The molecule has 0 radical (unpaired) electrons. The number of ether oxygens (including phenoxy) is 2. The van der Waals surface area contributed by atoms with E-state index in [4.69, 9.17) is 9.47 Å². The fourth-order valence-corrected chi connectivity index (χ4v) is 1.56. The van der Waals surface area contributed by atoms with Gasteiger partial charge in [0.15, 0.2) is 5.76 Å². The Bertz CT molecular complexity index is 422. The zero-order valence-corrected chi connectivity index (χ0v) is 8.10. The third kappa shape index (κ3) is 1.32. The standard InChI is InChI=1S/C12H10O3/c1-3-12(9(2)14-11(13)15-12)10-7-5-4-6-8-10/h3-8H,1-2H2. The van der Waals surface area contributed by atoms with Crippen molar-refractivity contribution in [1.29, 1.82) is 0 Å². The average Bonchev–Trinajstić information content (AvgIpc) is 2.56. The van der Waals surface area contributed by atoms with Gasteiger partial charge in [-0.15, -0.1) is 0 Å². The first-order chi connectivity index (χ1) is 7.19. The molecule has 1 saturated heterocycles. The van der Waals surface area contributed by atoms with Gasteiger partial charge in [0.25, 0.3) is 0 Å². The number of rotatable bonds is 2. The van der Waals surface area contributed by atoms with E-state index in [2.05, 4.69) is 13.2 Å². The van der Waals surface area contributed by atoms with Crippen LogP contribution in [0.1, 0.15) is 5.56 Å². The van der Waals surface area contributed by atoms with E-state index in [1.165, 1.54) is 6.08 Å². The van der Waals surface area contributed by atoms with Crippen LogP contribution in [0.2, 0.25) is 0 Å². The Kier molecular flexibility index (Phi) is 2.08. The second kappa shape index (κ2) is 3.28. The summed E-state index contributed by atoms with van der Waals surface area (Å²) in [6.07, 6.45) is 0.763. The molecular formula is C12H10O3. The Labute approximate surface area is 87.6 Å². The van der Waals surface area contributed by atoms with Crippen molar-refractivity contribution in [3.63, 3.8) is 0 Å². The minimum absolute atomic E-state index is 0.244. The fraction of sp³-hybridized carbons (Fsp3) is 0.0833. The molecule has 3 nitrogen and oxygen atoms in total. The first-order valence-electron chi connectivity index (χ1n) is 4.48. The molecule has 1 fully saturated rings. The zero-order chi connectivity index (χ0) is 10.9. The summed E-state index contributed by atoms with van der Waals surface area (Å²) in [5.41, 5.74) is -0.269. The van der Waals surface area contributed by atoms with Gasteiger partial charge in [-0.2, -0.15) is 0 Å². The maximum atomic E-state index is 11.0. The highest BCUT2D eigenvalue weighted by Crippen LogP contribution is 2.39. The summed E-state index contributed by atoms with van der Waals surface area (Å²) in [5.74, 6) is 0.244. The second-order valence-electron chi connectivity index (χ2n) is 3.18. The smallest absolute Gasteiger partial charge is 0.410 e. The number of cyclic esters (lactones) is 2. The highest BCUT2D eigenvalue weighted by molar-refractivity contribution is 5.68. The van der Waals surface area contributed by atoms with E-state index in [1.54, 1.807) is 0 Å². The molecule has 1 aliphatic rings. The Balaban J connectivity index is 2.52. The largest absolute Gasteiger partial charge is 0.515 e. The lowest BCUT2D eigenvalue weighted by Crippen LogP contribution is -2.23. The number of carbonyl (C=O) groups is 1. The fourth-order valence-electron chi connectivity index (χ4n) is 1.56. The molecule has 1 aromatic carbocycles. The van der Waals surface area contributed by atoms with Crippen molar-refractivity contribution in [3.05, 3.63) is 60.9 Å². The van der Waals surface area contributed by atoms with Gasteiger partial charge in [0.05, 0.1) is 0 Å². The Morgan fingerprint density at radius 1 is 1.27 bits per heavy atom. The van der Waals surface area contributed by atoms with E-state index < -0.39 is 11.8 Å². The van der Waals surface area contributed by atoms with E-state index in [-0.39, 0.29) is 5.76 Å². The van der Waals surface area contributed by atoms with Crippen LogP contribution in [-0.4, -0.2) is 6.16 Å². The van der Waals surface area contributed by atoms with Crippen molar-refractivity contribution >= 4 is 6.16 Å². The summed E-state index contributed by atoms with van der Waals surface area (Å²) in [7, 11) is 0. The molecule has 0 N–H and O–H groups in total. The van der Waals surface area contributed by atoms with E-state index in [1.807, 2.05) is 30.3 Å². The third-order valence-electron chi connectivity index (χ3n) is 2.36. The Hall–Kier alpha value is -2.03. The molecule has 0 saturated carbocycles. The quantitative estimate of drug-likeness (QED) is 0.546. The lowest BCUT2D eigenvalue weighted by Gasteiger charge is -2.21. The average molecular weight is 202 g/mol. The van der Waals surface area contributed by atoms with E-state index in [0.717, 1.165) is 5.56 Å². The molecule has 15 heavy (non-hydrogen) atoms. The topological polar surface area (TPSA) is 35.5 Å². The van der Waals surface area contributed by atoms with Crippen LogP contribution in [0, 0.1) is 0 Å². The van der Waals surface area contributed by atoms with Gasteiger partial charge in [-0.25, -0.2) is 4.79 Å². The second-order valence-corrected chi connectivity index (χ2v) is 3.18. The zero-order valence-electron chi connectivity index (χ0n) is 8.10. The van der Waals surface area contributed by atoms with Crippen molar-refractivity contribution in [2.45, 2.75) is 5.60 Å². The van der Waals surface area contributed by atoms with Crippen LogP contribution in [0.25, 0.3) is 0 Å². The predicted molar refractivity (Wildman–Crippen MR) is 55.0 cm³/mol. The number of hydrogen-bond acceptors (Lipinski definition) is 3. The molecule has 3 heteroatoms. The number of hydrogen-bond donors (Lipinski definition) is 0. The molecule has 0 aliphatic carbocycles. The summed E-state index contributed by atoms with van der Waals surface area (Å²) in [4.78, 5) is 11.0. The Morgan fingerprint density at radius 2 is 1.93 bits per heavy atom. The van der Waals surface area contributed by atoms with Gasteiger partial charge in [-0.1, -0.05) is 43.5 Å². The molecule has 0 spiro atoms. The minimum atomic E-state index is -1.04. The van der Waals surface area contributed by atoms with Crippen LogP contribution in [0.15, 0.2) is 55.3 Å². The molecule has 1 unspecified atom stereocenters. The van der Waals surface area contributed by atoms with Gasteiger partial charge >= 0.3 is 6.16 Å². The van der Waals surface area contributed by atoms with Crippen LogP contribution < -0.4 is 0 Å². The number of benzene rings is 1. The van der Waals surface area contributed by atoms with Crippen LogP contribution in [0.5, 0.6) is 0 Å². The molecular weight excluding hydrogens is 192 g/mol. The maximum Gasteiger partial charge on any atom is 0.515 e. The van der Waals surface area contributed by atoms with Crippen molar-refractivity contribution in [3.8, 4) is 0 Å². The number of carbonyl (C=O) groups excluding carboxylic acids is 1. The first kappa shape index (κ1) is 9.52. The molecule has 76 valence electrons. The van der Waals surface area contributed by atoms with Crippen LogP contribution in [0.3, 0.4) is 0 Å². The monoisotopic (exact) mass is 202 g/mol. The minimum Gasteiger partial charge on any atom is -0.410 e. The van der Waals surface area contributed by atoms with Crippen molar-refractivity contribution in [2.75, 3.05) is 0 Å². The molecule has 1 atom stereocenters. The summed E-state index contributed by atoms with van der Waals surface area (Å²) in [6.45, 7) is 7.32. The molecule has 0 aromatic heterocycles. The van der Waals surface area contributed by atoms with Crippen LogP contribution in [-0.2, 0) is 15.1 Å². The maximum absolute atomic E-state index is 11.0. The normalized spacial score (nSPS) is 24.5. The first-order valence-corrected chi connectivity index (χ1v) is 4.48. The van der Waals surface area contributed by atoms with Gasteiger partial charge in [-0.3, -0.25) is 0 Å². The van der Waals surface area contributed by atoms with Crippen LogP contribution >= 0.6 is 0 Å². The van der Waals surface area contributed by atoms with E-state index in [9.17, 15) is 4.79 Å². The predicted octanol–water partition coefficient (Wildman–Crippen LogP) is 2.75. The molecule has 1 aliphatic heterocycles. The van der Waals surface area contributed by atoms with Crippen LogP contribution in [0.4, 0.5) is 4.79 Å². The highest BCUT2D eigenvalue weighted by atomic mass is 16.8. The third-order valence-corrected chi connectivity index (χ3v) is 2.36. The van der Waals surface area contributed by atoms with E-state index in [0.29, 0.717) is 0 Å². The van der Waals surface area contributed by atoms with E-state index >= 15 is 0 Å². The summed E-state index contributed by atoms with van der Waals surface area (Å²) in [5, 5.41) is 0. The van der Waals surface area contributed by atoms with Crippen molar-refractivity contribution in [1.82, 2.24) is 0 Å². The highest BCUT2D eigenvalue weighted by Gasteiger charge is 2.45. The lowest BCUT2D eigenvalue weighted by molar-refractivity contribution is 0.0913. The molecule has 0 amide bonds. The summed E-state index contributed by atoms with van der Waals surface area (Å²) >= 11 is 0. The SMILES string of the molecule is C=CC1(c2ccccc2)OC(=O)OC1=C.